The molecule has 2 heterocycles. The van der Waals surface area contributed by atoms with Gasteiger partial charge < -0.3 is 10.0 Å². The summed E-state index contributed by atoms with van der Waals surface area (Å²) < 4.78 is 0. The van der Waals surface area contributed by atoms with Gasteiger partial charge in [-0.15, -0.1) is 0 Å². The first kappa shape index (κ1) is 11.0. The van der Waals surface area contributed by atoms with Crippen molar-refractivity contribution < 1.29 is 9.90 Å². The van der Waals surface area contributed by atoms with Crippen LogP contribution < -0.4 is 4.90 Å². The standard InChI is InChI=1S/C13H13N3O2/c17-11-5-9-3-1-2-4-12(9)16(8-11)13(18)10-6-14-15-7-10/h1-4,6-7,11,17H,5,8H2,(H,14,15). The SMILES string of the molecule is O=C(c1cn[nH]c1)N1CC(O)Cc2ccccc21. The van der Waals surface area contributed by atoms with Gasteiger partial charge in [-0.25, -0.2) is 0 Å². The molecule has 2 aromatic rings. The molecule has 1 aliphatic rings. The number of amides is 1. The van der Waals surface area contributed by atoms with Crippen LogP contribution in [-0.4, -0.2) is 33.9 Å². The fourth-order valence-electron chi connectivity index (χ4n) is 2.29. The van der Waals surface area contributed by atoms with Gasteiger partial charge in [0, 0.05) is 18.3 Å². The molecule has 92 valence electrons. The number of hydrogen-bond donors (Lipinski definition) is 2. The highest BCUT2D eigenvalue weighted by Crippen LogP contribution is 2.28. The number of para-hydroxylation sites is 1. The highest BCUT2D eigenvalue weighted by Gasteiger charge is 2.28. The van der Waals surface area contributed by atoms with Crippen molar-refractivity contribution in [3.63, 3.8) is 0 Å². The maximum Gasteiger partial charge on any atom is 0.261 e. The monoisotopic (exact) mass is 243 g/mol. The minimum Gasteiger partial charge on any atom is -0.391 e. The van der Waals surface area contributed by atoms with E-state index in [4.69, 9.17) is 0 Å². The van der Waals surface area contributed by atoms with Crippen molar-refractivity contribution in [3.05, 3.63) is 47.8 Å². The zero-order valence-electron chi connectivity index (χ0n) is 9.71. The molecular formula is C13H13N3O2. The first-order valence-electron chi connectivity index (χ1n) is 5.82. The molecule has 1 aromatic heterocycles. The maximum absolute atomic E-state index is 12.3. The lowest BCUT2D eigenvalue weighted by Crippen LogP contribution is -2.42. The number of nitrogens with one attached hydrogen (secondary N) is 1. The van der Waals surface area contributed by atoms with E-state index < -0.39 is 6.10 Å². The number of anilines is 1. The van der Waals surface area contributed by atoms with E-state index >= 15 is 0 Å². The fraction of sp³-hybridized carbons (Fsp3) is 0.231. The Morgan fingerprint density at radius 1 is 1.44 bits per heavy atom. The topological polar surface area (TPSA) is 69.2 Å². The van der Waals surface area contributed by atoms with Crippen LogP contribution in [0.5, 0.6) is 0 Å². The number of nitrogens with zero attached hydrogens (tertiary/aromatic N) is 2. The van der Waals surface area contributed by atoms with Gasteiger partial charge in [-0.2, -0.15) is 5.10 Å². The molecule has 5 nitrogen and oxygen atoms in total. The zero-order chi connectivity index (χ0) is 12.5. The van der Waals surface area contributed by atoms with Gasteiger partial charge >= 0.3 is 0 Å². The second-order valence-electron chi connectivity index (χ2n) is 4.39. The van der Waals surface area contributed by atoms with E-state index in [1.165, 1.54) is 6.20 Å². The molecule has 18 heavy (non-hydrogen) atoms. The van der Waals surface area contributed by atoms with Crippen LogP contribution in [0.25, 0.3) is 0 Å². The summed E-state index contributed by atoms with van der Waals surface area (Å²) in [5, 5.41) is 16.3. The summed E-state index contributed by atoms with van der Waals surface area (Å²) in [4.78, 5) is 13.9. The number of aromatic amines is 1. The molecule has 0 fully saturated rings. The number of fused-ring (bicyclic) bond motifs is 1. The molecule has 1 aliphatic heterocycles. The van der Waals surface area contributed by atoms with E-state index in [2.05, 4.69) is 10.2 Å². The molecule has 2 N–H and O–H groups in total. The Morgan fingerprint density at radius 2 is 2.28 bits per heavy atom. The van der Waals surface area contributed by atoms with Gasteiger partial charge in [0.15, 0.2) is 0 Å². The Balaban J connectivity index is 2.00. The highest BCUT2D eigenvalue weighted by atomic mass is 16.3. The third-order valence-electron chi connectivity index (χ3n) is 3.12. The minimum absolute atomic E-state index is 0.144. The summed E-state index contributed by atoms with van der Waals surface area (Å²) in [6.07, 6.45) is 3.12. The van der Waals surface area contributed by atoms with E-state index in [9.17, 15) is 9.90 Å². The summed E-state index contributed by atoms with van der Waals surface area (Å²) in [6, 6.07) is 7.65. The smallest absolute Gasteiger partial charge is 0.261 e. The Morgan fingerprint density at radius 3 is 3.06 bits per heavy atom. The lowest BCUT2D eigenvalue weighted by Gasteiger charge is -2.32. The van der Waals surface area contributed by atoms with Crippen LogP contribution in [-0.2, 0) is 6.42 Å². The number of rotatable bonds is 1. The van der Waals surface area contributed by atoms with E-state index in [1.807, 2.05) is 24.3 Å². The molecule has 1 atom stereocenters. The van der Waals surface area contributed by atoms with Gasteiger partial charge in [0.25, 0.3) is 5.91 Å². The number of benzene rings is 1. The Bertz CT molecular complexity index is 565. The molecule has 0 bridgehead atoms. The first-order valence-corrected chi connectivity index (χ1v) is 5.82. The number of aromatic nitrogens is 2. The number of β-amino-alcohol motifs (C(OH)–C–C–N with tert-alkyl or cyclic N) is 1. The van der Waals surface area contributed by atoms with Gasteiger partial charge in [0.2, 0.25) is 0 Å². The Labute approximate surface area is 104 Å². The van der Waals surface area contributed by atoms with E-state index in [1.54, 1.807) is 11.1 Å². The summed E-state index contributed by atoms with van der Waals surface area (Å²) in [5.74, 6) is -0.144. The molecule has 0 saturated carbocycles. The van der Waals surface area contributed by atoms with Crippen LogP contribution in [0.3, 0.4) is 0 Å². The van der Waals surface area contributed by atoms with E-state index in [-0.39, 0.29) is 5.91 Å². The molecule has 3 rings (SSSR count). The van der Waals surface area contributed by atoms with Crippen LogP contribution in [0.1, 0.15) is 15.9 Å². The third kappa shape index (κ3) is 1.78. The largest absolute Gasteiger partial charge is 0.391 e. The second kappa shape index (κ2) is 4.27. The van der Waals surface area contributed by atoms with Gasteiger partial charge in [-0.05, 0) is 11.6 Å². The third-order valence-corrected chi connectivity index (χ3v) is 3.12. The van der Waals surface area contributed by atoms with Crippen molar-refractivity contribution in [2.24, 2.45) is 0 Å². The predicted molar refractivity (Wildman–Crippen MR) is 66.4 cm³/mol. The molecule has 0 aliphatic carbocycles. The van der Waals surface area contributed by atoms with Crippen LogP contribution >= 0.6 is 0 Å². The van der Waals surface area contributed by atoms with Crippen LogP contribution in [0.4, 0.5) is 5.69 Å². The Kier molecular flexibility index (Phi) is 2.60. The summed E-state index contributed by atoms with van der Waals surface area (Å²) >= 11 is 0. The molecule has 0 radical (unpaired) electrons. The molecule has 1 amide bonds. The normalized spacial score (nSPS) is 18.5. The molecule has 0 saturated heterocycles. The van der Waals surface area contributed by atoms with Crippen molar-refractivity contribution in [2.75, 3.05) is 11.4 Å². The summed E-state index contributed by atoms with van der Waals surface area (Å²) in [7, 11) is 0. The number of carbonyl (C=O) groups is 1. The van der Waals surface area contributed by atoms with E-state index in [0.717, 1.165) is 11.3 Å². The number of aliphatic hydroxyl groups excluding tert-OH is 1. The average Bonchev–Trinajstić information content (AvgIpc) is 2.90. The lowest BCUT2D eigenvalue weighted by molar-refractivity contribution is 0.0954. The van der Waals surface area contributed by atoms with Crippen molar-refractivity contribution in [3.8, 4) is 0 Å². The van der Waals surface area contributed by atoms with Gasteiger partial charge in [0.1, 0.15) is 0 Å². The molecule has 1 unspecified atom stereocenters. The molecular weight excluding hydrogens is 230 g/mol. The van der Waals surface area contributed by atoms with E-state index in [0.29, 0.717) is 18.5 Å². The van der Waals surface area contributed by atoms with Gasteiger partial charge in [-0.1, -0.05) is 18.2 Å². The van der Waals surface area contributed by atoms with Crippen molar-refractivity contribution in [1.29, 1.82) is 0 Å². The van der Waals surface area contributed by atoms with Gasteiger partial charge in [-0.3, -0.25) is 9.89 Å². The quantitative estimate of drug-likeness (QED) is 0.784. The average molecular weight is 243 g/mol. The van der Waals surface area contributed by atoms with Crippen LogP contribution in [0.15, 0.2) is 36.7 Å². The van der Waals surface area contributed by atoms with Gasteiger partial charge in [0.05, 0.1) is 24.4 Å². The maximum atomic E-state index is 12.3. The van der Waals surface area contributed by atoms with Crippen molar-refractivity contribution in [2.45, 2.75) is 12.5 Å². The summed E-state index contributed by atoms with van der Waals surface area (Å²) in [5.41, 5.74) is 2.36. The predicted octanol–water partition coefficient (Wildman–Crippen LogP) is 0.973. The van der Waals surface area contributed by atoms with Crippen molar-refractivity contribution >= 4 is 11.6 Å². The number of aliphatic hydroxyl groups is 1. The molecule has 0 spiro atoms. The minimum atomic E-state index is -0.518. The van der Waals surface area contributed by atoms with Crippen molar-refractivity contribution in [1.82, 2.24) is 10.2 Å². The molecule has 5 heteroatoms. The number of hydrogen-bond acceptors (Lipinski definition) is 3. The fourth-order valence-corrected chi connectivity index (χ4v) is 2.29. The molecule has 1 aromatic carbocycles. The van der Waals surface area contributed by atoms with Crippen LogP contribution in [0.2, 0.25) is 0 Å². The summed E-state index contributed by atoms with van der Waals surface area (Å²) in [6.45, 7) is 0.320. The second-order valence-corrected chi connectivity index (χ2v) is 4.39. The lowest BCUT2D eigenvalue weighted by atomic mass is 9.99. The Hall–Kier alpha value is -2.14. The first-order chi connectivity index (χ1) is 8.75. The highest BCUT2D eigenvalue weighted by molar-refractivity contribution is 6.06. The number of carbonyl (C=O) groups excluding carboxylic acids is 1. The zero-order valence-corrected chi connectivity index (χ0v) is 9.71. The number of H-pyrrole nitrogens is 1. The van der Waals surface area contributed by atoms with Crippen LogP contribution in [0, 0.1) is 0 Å².